The zero-order valence-electron chi connectivity index (χ0n) is 13.0. The molecular weight excluding hydrogens is 311 g/mol. The normalized spacial score (nSPS) is 10.9. The second-order valence-corrected chi connectivity index (χ2v) is 5.57. The Morgan fingerprint density at radius 2 is 1.88 bits per heavy atom. The maximum absolute atomic E-state index is 13.0. The number of nitrogens with zero attached hydrogens (tertiary/aromatic N) is 2. The second kappa shape index (κ2) is 6.23. The summed E-state index contributed by atoms with van der Waals surface area (Å²) in [6, 6.07) is 11.0. The minimum atomic E-state index is -0.981. The van der Waals surface area contributed by atoms with Gasteiger partial charge in [0, 0.05) is 12.0 Å². The van der Waals surface area contributed by atoms with Gasteiger partial charge in [-0.2, -0.15) is 0 Å². The number of ketones is 1. The molecule has 0 amide bonds. The molecule has 0 saturated heterocycles. The Hall–Kier alpha value is -3.02. The first-order valence-electron chi connectivity index (χ1n) is 7.40. The van der Waals surface area contributed by atoms with E-state index in [2.05, 4.69) is 4.98 Å². The standard InChI is InChI=1S/C18H15FN2O3/c1-11(22)13-4-7-16-15(9-13)20-17(21(16)10-18(23)24)8-12-2-5-14(19)6-3-12/h2-7,9H,8,10H2,1H3,(H,23,24). The summed E-state index contributed by atoms with van der Waals surface area (Å²) in [7, 11) is 0. The molecule has 0 aliphatic heterocycles. The van der Waals surface area contributed by atoms with Gasteiger partial charge in [-0.15, -0.1) is 0 Å². The number of carboxylic acids is 1. The van der Waals surface area contributed by atoms with Crippen molar-refractivity contribution in [3.63, 3.8) is 0 Å². The molecule has 0 saturated carbocycles. The van der Waals surface area contributed by atoms with Crippen molar-refractivity contribution in [2.24, 2.45) is 0 Å². The predicted octanol–water partition coefficient (Wildman–Crippen LogP) is 3.05. The number of benzene rings is 2. The molecule has 3 aromatic rings. The molecule has 3 rings (SSSR count). The van der Waals surface area contributed by atoms with Crippen molar-refractivity contribution in [1.82, 2.24) is 9.55 Å². The molecule has 24 heavy (non-hydrogen) atoms. The van der Waals surface area contributed by atoms with Gasteiger partial charge in [0.25, 0.3) is 0 Å². The monoisotopic (exact) mass is 326 g/mol. The third-order valence-electron chi connectivity index (χ3n) is 3.80. The number of imidazole rings is 1. The molecule has 0 aliphatic rings. The van der Waals surface area contributed by atoms with Crippen LogP contribution in [0.2, 0.25) is 0 Å². The van der Waals surface area contributed by atoms with Crippen LogP contribution in [0.15, 0.2) is 42.5 Å². The van der Waals surface area contributed by atoms with Gasteiger partial charge in [-0.05, 0) is 42.8 Å². The Morgan fingerprint density at radius 3 is 2.50 bits per heavy atom. The maximum Gasteiger partial charge on any atom is 0.323 e. The van der Waals surface area contributed by atoms with Gasteiger partial charge in [0.05, 0.1) is 11.0 Å². The Balaban J connectivity index is 2.08. The Morgan fingerprint density at radius 1 is 1.17 bits per heavy atom. The van der Waals surface area contributed by atoms with E-state index in [0.717, 1.165) is 5.56 Å². The number of aliphatic carboxylic acids is 1. The van der Waals surface area contributed by atoms with Crippen LogP contribution in [0.25, 0.3) is 11.0 Å². The molecular formula is C18H15FN2O3. The van der Waals surface area contributed by atoms with Crippen molar-refractivity contribution in [3.05, 3.63) is 65.2 Å². The van der Waals surface area contributed by atoms with Crippen molar-refractivity contribution in [3.8, 4) is 0 Å². The molecule has 1 aromatic heterocycles. The van der Waals surface area contributed by atoms with Gasteiger partial charge in [0.15, 0.2) is 5.78 Å². The smallest absolute Gasteiger partial charge is 0.323 e. The van der Waals surface area contributed by atoms with E-state index in [0.29, 0.717) is 28.8 Å². The summed E-state index contributed by atoms with van der Waals surface area (Å²) in [6.45, 7) is 1.24. The number of rotatable bonds is 5. The Labute approximate surface area is 137 Å². The lowest BCUT2D eigenvalue weighted by Gasteiger charge is -2.06. The van der Waals surface area contributed by atoms with Crippen LogP contribution < -0.4 is 0 Å². The summed E-state index contributed by atoms with van der Waals surface area (Å²) in [6.07, 6.45) is 0.373. The molecule has 0 radical (unpaired) electrons. The lowest BCUT2D eigenvalue weighted by Crippen LogP contribution is -2.12. The zero-order valence-corrected chi connectivity index (χ0v) is 13.0. The first-order valence-corrected chi connectivity index (χ1v) is 7.40. The van der Waals surface area contributed by atoms with Crippen LogP contribution in [-0.2, 0) is 17.8 Å². The number of carbonyl (C=O) groups excluding carboxylic acids is 1. The van der Waals surface area contributed by atoms with Gasteiger partial charge >= 0.3 is 5.97 Å². The summed E-state index contributed by atoms with van der Waals surface area (Å²) in [4.78, 5) is 27.2. The summed E-state index contributed by atoms with van der Waals surface area (Å²) in [5.74, 6) is -0.835. The van der Waals surface area contributed by atoms with E-state index in [4.69, 9.17) is 5.11 Å². The highest BCUT2D eigenvalue weighted by Crippen LogP contribution is 2.21. The van der Waals surface area contributed by atoms with Crippen LogP contribution in [-0.4, -0.2) is 26.4 Å². The molecule has 0 fully saturated rings. The van der Waals surface area contributed by atoms with Crippen molar-refractivity contribution < 1.29 is 19.1 Å². The highest BCUT2D eigenvalue weighted by atomic mass is 19.1. The third kappa shape index (κ3) is 3.17. The van der Waals surface area contributed by atoms with Gasteiger partial charge in [-0.3, -0.25) is 9.59 Å². The van der Waals surface area contributed by atoms with Crippen LogP contribution in [0, 0.1) is 5.82 Å². The molecule has 6 heteroatoms. The van der Waals surface area contributed by atoms with Gasteiger partial charge in [0.2, 0.25) is 0 Å². The fourth-order valence-corrected chi connectivity index (χ4v) is 2.63. The molecule has 1 N–H and O–H groups in total. The molecule has 122 valence electrons. The minimum absolute atomic E-state index is 0.0789. The first-order chi connectivity index (χ1) is 11.4. The van der Waals surface area contributed by atoms with Gasteiger partial charge in [-0.25, -0.2) is 9.37 Å². The largest absolute Gasteiger partial charge is 0.480 e. The number of halogens is 1. The number of carbonyl (C=O) groups is 2. The average Bonchev–Trinajstić information content (AvgIpc) is 2.86. The number of aromatic nitrogens is 2. The van der Waals surface area contributed by atoms with Gasteiger partial charge < -0.3 is 9.67 Å². The summed E-state index contributed by atoms with van der Waals surface area (Å²) in [5.41, 5.74) is 2.57. The van der Waals surface area contributed by atoms with E-state index in [1.807, 2.05) is 0 Å². The van der Waals surface area contributed by atoms with Crippen molar-refractivity contribution >= 4 is 22.8 Å². The Bertz CT molecular complexity index is 929. The van der Waals surface area contributed by atoms with Crippen molar-refractivity contribution in [2.45, 2.75) is 19.9 Å². The van der Waals surface area contributed by atoms with Gasteiger partial charge in [0.1, 0.15) is 18.2 Å². The second-order valence-electron chi connectivity index (χ2n) is 5.57. The lowest BCUT2D eigenvalue weighted by atomic mass is 10.1. The SMILES string of the molecule is CC(=O)c1ccc2c(c1)nc(Cc1ccc(F)cc1)n2CC(=O)O. The summed E-state index contributed by atoms with van der Waals surface area (Å²) in [5, 5.41) is 9.16. The molecule has 2 aromatic carbocycles. The summed E-state index contributed by atoms with van der Waals surface area (Å²) >= 11 is 0. The highest BCUT2D eigenvalue weighted by molar-refractivity contribution is 5.97. The van der Waals surface area contributed by atoms with Crippen LogP contribution in [0.1, 0.15) is 28.7 Å². The quantitative estimate of drug-likeness (QED) is 0.732. The fraction of sp³-hybridized carbons (Fsp3) is 0.167. The lowest BCUT2D eigenvalue weighted by molar-refractivity contribution is -0.137. The predicted molar refractivity (Wildman–Crippen MR) is 86.6 cm³/mol. The van der Waals surface area contributed by atoms with Crippen molar-refractivity contribution in [1.29, 1.82) is 0 Å². The number of carboxylic acid groups (broad SMARTS) is 1. The van der Waals surface area contributed by atoms with Crippen LogP contribution in [0.3, 0.4) is 0 Å². The molecule has 0 atom stereocenters. The van der Waals surface area contributed by atoms with E-state index in [1.165, 1.54) is 19.1 Å². The third-order valence-corrected chi connectivity index (χ3v) is 3.80. The fourth-order valence-electron chi connectivity index (χ4n) is 2.63. The molecule has 0 bridgehead atoms. The maximum atomic E-state index is 13.0. The van der Waals surface area contributed by atoms with Crippen LogP contribution in [0.4, 0.5) is 4.39 Å². The van der Waals surface area contributed by atoms with Crippen LogP contribution in [0.5, 0.6) is 0 Å². The number of hydrogen-bond acceptors (Lipinski definition) is 3. The molecule has 0 aliphatic carbocycles. The van der Waals surface area contributed by atoms with E-state index in [1.54, 1.807) is 34.9 Å². The van der Waals surface area contributed by atoms with E-state index in [9.17, 15) is 14.0 Å². The molecule has 5 nitrogen and oxygen atoms in total. The number of fused-ring (bicyclic) bond motifs is 1. The van der Waals surface area contributed by atoms with Crippen molar-refractivity contribution in [2.75, 3.05) is 0 Å². The van der Waals surface area contributed by atoms with E-state index >= 15 is 0 Å². The summed E-state index contributed by atoms with van der Waals surface area (Å²) < 4.78 is 14.6. The van der Waals surface area contributed by atoms with E-state index in [-0.39, 0.29) is 18.1 Å². The molecule has 0 unspecified atom stereocenters. The first kappa shape index (κ1) is 15.9. The Kier molecular flexibility index (Phi) is 4.12. The molecule has 0 spiro atoms. The number of hydrogen-bond donors (Lipinski definition) is 1. The van der Waals surface area contributed by atoms with Crippen LogP contribution >= 0.6 is 0 Å². The average molecular weight is 326 g/mol. The minimum Gasteiger partial charge on any atom is -0.480 e. The van der Waals surface area contributed by atoms with E-state index < -0.39 is 5.97 Å². The zero-order chi connectivity index (χ0) is 17.3. The molecule has 1 heterocycles. The topological polar surface area (TPSA) is 72.2 Å². The highest BCUT2D eigenvalue weighted by Gasteiger charge is 2.15. The van der Waals surface area contributed by atoms with Gasteiger partial charge in [-0.1, -0.05) is 12.1 Å². The number of Topliss-reactive ketones (excluding diaryl/α,β-unsaturated/α-hetero) is 1.